The fraction of sp³-hybridized carbons (Fsp3) is 0.333. The first-order valence-electron chi connectivity index (χ1n) is 10.0. The molecule has 3 rings (SSSR count). The van der Waals surface area contributed by atoms with Gasteiger partial charge in [-0.1, -0.05) is 35.9 Å². The second kappa shape index (κ2) is 9.02. The summed E-state index contributed by atoms with van der Waals surface area (Å²) in [5.74, 6) is -0.683. The zero-order valence-corrected chi connectivity index (χ0v) is 18.8. The van der Waals surface area contributed by atoms with Crippen LogP contribution in [0.3, 0.4) is 0 Å². The number of imide groups is 1. The maximum absolute atomic E-state index is 13.3. The molecule has 2 aromatic rings. The van der Waals surface area contributed by atoms with Crippen LogP contribution in [-0.4, -0.2) is 36.0 Å². The third-order valence-electron chi connectivity index (χ3n) is 5.19. The van der Waals surface area contributed by atoms with Gasteiger partial charge in [0, 0.05) is 10.7 Å². The van der Waals surface area contributed by atoms with Crippen LogP contribution in [0.4, 0.5) is 5.69 Å². The molecule has 1 aliphatic heterocycles. The number of halogens is 1. The third kappa shape index (κ3) is 4.58. The van der Waals surface area contributed by atoms with Gasteiger partial charge in [0.05, 0.1) is 24.8 Å². The number of amides is 2. The van der Waals surface area contributed by atoms with Crippen molar-refractivity contribution in [2.75, 3.05) is 18.5 Å². The van der Waals surface area contributed by atoms with E-state index in [4.69, 9.17) is 16.3 Å². The van der Waals surface area contributed by atoms with Crippen LogP contribution in [0.5, 0.6) is 0 Å². The van der Waals surface area contributed by atoms with E-state index in [-0.39, 0.29) is 30.2 Å². The minimum Gasteiger partial charge on any atom is -0.377 e. The van der Waals surface area contributed by atoms with Crippen molar-refractivity contribution in [3.05, 3.63) is 69.4 Å². The zero-order chi connectivity index (χ0) is 22.0. The van der Waals surface area contributed by atoms with Crippen LogP contribution in [0.1, 0.15) is 36.1 Å². The molecule has 0 aromatic heterocycles. The Morgan fingerprint density at radius 1 is 0.967 bits per heavy atom. The highest BCUT2D eigenvalue weighted by Gasteiger charge is 2.39. The Kier molecular flexibility index (Phi) is 6.64. The molecule has 0 unspecified atom stereocenters. The fourth-order valence-electron chi connectivity index (χ4n) is 3.30. The summed E-state index contributed by atoms with van der Waals surface area (Å²) in [7, 11) is 0. The van der Waals surface area contributed by atoms with Gasteiger partial charge in [-0.25, -0.2) is 0 Å². The first-order chi connectivity index (χ1) is 14.2. The molecule has 0 saturated heterocycles. The van der Waals surface area contributed by atoms with Gasteiger partial charge < -0.3 is 10.1 Å². The first-order valence-corrected chi connectivity index (χ1v) is 10.4. The van der Waals surface area contributed by atoms with Crippen LogP contribution in [0.25, 0.3) is 5.57 Å². The Bertz CT molecular complexity index is 1030. The van der Waals surface area contributed by atoms with Crippen molar-refractivity contribution >= 4 is 34.7 Å². The van der Waals surface area contributed by atoms with Crippen LogP contribution in [0, 0.1) is 20.8 Å². The molecule has 0 fully saturated rings. The number of carbonyl (C=O) groups is 2. The number of hydrogen-bond donors (Lipinski definition) is 1. The number of aryl methyl sites for hydroxylation is 3. The van der Waals surface area contributed by atoms with Crippen molar-refractivity contribution in [2.45, 2.75) is 40.7 Å². The van der Waals surface area contributed by atoms with E-state index in [0.29, 0.717) is 28.5 Å². The summed E-state index contributed by atoms with van der Waals surface area (Å²) in [6.45, 7) is 10.2. The van der Waals surface area contributed by atoms with Crippen LogP contribution in [0.15, 0.2) is 42.1 Å². The summed E-state index contributed by atoms with van der Waals surface area (Å²) in [6, 6.07) is 11.2. The smallest absolute Gasteiger partial charge is 0.278 e. The summed E-state index contributed by atoms with van der Waals surface area (Å²) >= 11 is 6.15. The van der Waals surface area contributed by atoms with Gasteiger partial charge in [-0.3, -0.25) is 14.5 Å². The average molecular weight is 427 g/mol. The molecular formula is C24H27ClN2O3. The molecule has 0 bridgehead atoms. The molecule has 2 aromatic carbocycles. The van der Waals surface area contributed by atoms with E-state index in [1.165, 1.54) is 4.90 Å². The molecule has 6 heteroatoms. The molecular weight excluding hydrogens is 400 g/mol. The van der Waals surface area contributed by atoms with E-state index in [1.54, 1.807) is 12.1 Å². The lowest BCUT2D eigenvalue weighted by Gasteiger charge is -2.17. The highest BCUT2D eigenvalue weighted by atomic mass is 35.5. The largest absolute Gasteiger partial charge is 0.377 e. The second-order valence-corrected chi connectivity index (χ2v) is 8.25. The van der Waals surface area contributed by atoms with Crippen molar-refractivity contribution < 1.29 is 14.3 Å². The van der Waals surface area contributed by atoms with Gasteiger partial charge in [-0.2, -0.15) is 0 Å². The van der Waals surface area contributed by atoms with Gasteiger partial charge in [0.2, 0.25) is 0 Å². The molecule has 1 aliphatic rings. The Morgan fingerprint density at radius 3 is 2.33 bits per heavy atom. The topological polar surface area (TPSA) is 58.6 Å². The van der Waals surface area contributed by atoms with Crippen molar-refractivity contribution in [1.29, 1.82) is 0 Å². The molecule has 0 aliphatic carbocycles. The minimum atomic E-state index is -0.361. The number of hydrogen-bond acceptors (Lipinski definition) is 4. The van der Waals surface area contributed by atoms with Crippen LogP contribution >= 0.6 is 11.6 Å². The number of ether oxygens (including phenoxy) is 1. The minimum absolute atomic E-state index is 0.0247. The Morgan fingerprint density at radius 2 is 1.67 bits per heavy atom. The zero-order valence-electron chi connectivity index (χ0n) is 18.0. The summed E-state index contributed by atoms with van der Waals surface area (Å²) < 4.78 is 5.56. The van der Waals surface area contributed by atoms with Crippen LogP contribution in [-0.2, 0) is 14.3 Å². The standard InChI is InChI=1S/C24H27ClN2O3/c1-14(2)30-11-10-27-23(28)21(18-8-6-15(3)17(5)12-18)22(24(27)29)26-20-13-19(25)9-7-16(20)4/h6-9,12-14,26H,10-11H2,1-5H3. The molecule has 1 N–H and O–H groups in total. The van der Waals surface area contributed by atoms with E-state index in [0.717, 1.165) is 16.7 Å². The van der Waals surface area contributed by atoms with Crippen molar-refractivity contribution in [3.63, 3.8) is 0 Å². The second-order valence-electron chi connectivity index (χ2n) is 7.81. The van der Waals surface area contributed by atoms with E-state index in [2.05, 4.69) is 5.32 Å². The van der Waals surface area contributed by atoms with Gasteiger partial charge in [-0.15, -0.1) is 0 Å². The van der Waals surface area contributed by atoms with Crippen molar-refractivity contribution in [3.8, 4) is 0 Å². The lowest BCUT2D eigenvalue weighted by atomic mass is 9.99. The Labute approximate surface area is 182 Å². The number of anilines is 1. The maximum atomic E-state index is 13.3. The van der Waals surface area contributed by atoms with E-state index in [1.807, 2.05) is 58.9 Å². The first kappa shape index (κ1) is 22.1. The fourth-order valence-corrected chi connectivity index (χ4v) is 3.48. The maximum Gasteiger partial charge on any atom is 0.278 e. The summed E-state index contributed by atoms with van der Waals surface area (Å²) in [6.07, 6.45) is 0.0247. The molecule has 0 radical (unpaired) electrons. The monoisotopic (exact) mass is 426 g/mol. The van der Waals surface area contributed by atoms with Crippen LogP contribution < -0.4 is 5.32 Å². The number of rotatable bonds is 7. The molecule has 1 heterocycles. The number of carbonyl (C=O) groups excluding carboxylic acids is 2. The number of nitrogens with one attached hydrogen (secondary N) is 1. The Hall–Kier alpha value is -2.63. The van der Waals surface area contributed by atoms with Crippen molar-refractivity contribution in [2.24, 2.45) is 0 Å². The highest BCUT2D eigenvalue weighted by Crippen LogP contribution is 2.32. The molecule has 0 saturated carbocycles. The highest BCUT2D eigenvalue weighted by molar-refractivity contribution is 6.36. The summed E-state index contributed by atoms with van der Waals surface area (Å²) in [5.41, 5.74) is 5.14. The SMILES string of the molecule is Cc1ccc(C2=C(Nc3cc(Cl)ccc3C)C(=O)N(CCOC(C)C)C2=O)cc1C. The van der Waals surface area contributed by atoms with Gasteiger partial charge in [0.15, 0.2) is 0 Å². The lowest BCUT2D eigenvalue weighted by molar-refractivity contribution is -0.137. The number of benzene rings is 2. The molecule has 30 heavy (non-hydrogen) atoms. The normalized spacial score (nSPS) is 14.3. The van der Waals surface area contributed by atoms with Gasteiger partial charge in [0.1, 0.15) is 5.70 Å². The Balaban J connectivity index is 2.03. The predicted molar refractivity (Wildman–Crippen MR) is 120 cm³/mol. The van der Waals surface area contributed by atoms with E-state index >= 15 is 0 Å². The average Bonchev–Trinajstić information content (AvgIpc) is 2.91. The summed E-state index contributed by atoms with van der Waals surface area (Å²) in [5, 5.41) is 3.74. The third-order valence-corrected chi connectivity index (χ3v) is 5.42. The van der Waals surface area contributed by atoms with Gasteiger partial charge in [-0.05, 0) is 69.0 Å². The molecule has 0 spiro atoms. The van der Waals surface area contributed by atoms with Crippen LogP contribution in [0.2, 0.25) is 5.02 Å². The van der Waals surface area contributed by atoms with E-state index in [9.17, 15) is 9.59 Å². The number of nitrogens with zero attached hydrogens (tertiary/aromatic N) is 1. The lowest BCUT2D eigenvalue weighted by Crippen LogP contribution is -2.35. The summed E-state index contributed by atoms with van der Waals surface area (Å²) in [4.78, 5) is 27.7. The van der Waals surface area contributed by atoms with Gasteiger partial charge >= 0.3 is 0 Å². The van der Waals surface area contributed by atoms with Gasteiger partial charge in [0.25, 0.3) is 11.8 Å². The molecule has 158 valence electrons. The predicted octanol–water partition coefficient (Wildman–Crippen LogP) is 4.88. The van der Waals surface area contributed by atoms with E-state index < -0.39 is 0 Å². The molecule has 2 amide bonds. The quantitative estimate of drug-likeness (QED) is 0.641. The van der Waals surface area contributed by atoms with Crippen molar-refractivity contribution in [1.82, 2.24) is 4.90 Å². The molecule has 0 atom stereocenters. The molecule has 5 nitrogen and oxygen atoms in total.